The lowest BCUT2D eigenvalue weighted by molar-refractivity contribution is -0.385. The quantitative estimate of drug-likeness (QED) is 0.398. The van der Waals surface area contributed by atoms with E-state index in [1.165, 1.54) is 18.2 Å². The number of sulfonamides is 1. The highest BCUT2D eigenvalue weighted by molar-refractivity contribution is 7.89. The van der Waals surface area contributed by atoms with Gasteiger partial charge >= 0.3 is 0 Å². The number of carbonyl (C=O) groups is 1. The normalized spacial score (nSPS) is 13.0. The summed E-state index contributed by atoms with van der Waals surface area (Å²) in [6.45, 7) is 0.651. The third kappa shape index (κ3) is 4.38. The molecule has 0 radical (unpaired) electrons. The second-order valence-electron chi connectivity index (χ2n) is 5.74. The average Bonchev–Trinajstić information content (AvgIpc) is 2.70. The number of hydrogen-bond acceptors (Lipinski definition) is 7. The molecule has 2 aromatic carbocycles. The van der Waals surface area contributed by atoms with Crippen LogP contribution in [0.3, 0.4) is 0 Å². The number of nitrogens with one attached hydrogen (secondary N) is 2. The van der Waals surface area contributed by atoms with Crippen LogP contribution in [0.15, 0.2) is 47.4 Å². The van der Waals surface area contributed by atoms with Gasteiger partial charge in [0.05, 0.1) is 15.4 Å². The zero-order chi connectivity index (χ0) is 20.1. The minimum Gasteiger partial charge on any atom is -0.486 e. The largest absolute Gasteiger partial charge is 0.486 e. The van der Waals surface area contributed by atoms with Crippen molar-refractivity contribution < 1.29 is 27.6 Å². The average molecular weight is 407 g/mol. The van der Waals surface area contributed by atoms with Gasteiger partial charge in [0.1, 0.15) is 13.2 Å². The Morgan fingerprint density at radius 2 is 1.86 bits per heavy atom. The molecule has 2 N–H and O–H groups in total. The molecule has 1 aliphatic heterocycles. The number of nitro groups is 1. The monoisotopic (exact) mass is 407 g/mol. The molecule has 0 saturated heterocycles. The van der Waals surface area contributed by atoms with Gasteiger partial charge < -0.3 is 14.8 Å². The van der Waals surface area contributed by atoms with Crippen molar-refractivity contribution in [3.05, 3.63) is 58.1 Å². The first-order valence-corrected chi connectivity index (χ1v) is 9.78. The van der Waals surface area contributed by atoms with E-state index in [4.69, 9.17) is 9.47 Å². The first-order valence-electron chi connectivity index (χ1n) is 8.29. The topological polar surface area (TPSA) is 137 Å². The van der Waals surface area contributed by atoms with Crippen molar-refractivity contribution in [1.82, 2.24) is 10.0 Å². The van der Waals surface area contributed by atoms with Crippen molar-refractivity contribution >= 4 is 21.6 Å². The smallest absolute Gasteiger partial charge is 0.270 e. The summed E-state index contributed by atoms with van der Waals surface area (Å²) in [4.78, 5) is 22.2. The molecule has 3 rings (SSSR count). The van der Waals surface area contributed by atoms with Crippen molar-refractivity contribution in [2.75, 3.05) is 26.3 Å². The third-order valence-electron chi connectivity index (χ3n) is 3.85. The van der Waals surface area contributed by atoms with Gasteiger partial charge in [0, 0.05) is 25.2 Å². The highest BCUT2D eigenvalue weighted by Gasteiger charge is 2.21. The van der Waals surface area contributed by atoms with E-state index >= 15 is 0 Å². The maximum absolute atomic E-state index is 12.3. The summed E-state index contributed by atoms with van der Waals surface area (Å²) in [7, 11) is -3.94. The summed E-state index contributed by atoms with van der Waals surface area (Å²) in [5.41, 5.74) is -0.0361. The number of non-ortho nitro benzene ring substituents is 1. The number of carbonyl (C=O) groups excluding carboxylic acids is 1. The first-order chi connectivity index (χ1) is 13.4. The fourth-order valence-corrected chi connectivity index (χ4v) is 3.63. The second-order valence-corrected chi connectivity index (χ2v) is 7.50. The Labute approximate surface area is 160 Å². The fourth-order valence-electron chi connectivity index (χ4n) is 2.56. The lowest BCUT2D eigenvalue weighted by atomic mass is 10.1. The van der Waals surface area contributed by atoms with Crippen molar-refractivity contribution in [2.45, 2.75) is 4.90 Å². The predicted octanol–water partition coefficient (Wildman–Crippen LogP) is 1.07. The van der Waals surface area contributed by atoms with Gasteiger partial charge in [-0.25, -0.2) is 13.1 Å². The molecule has 2 aromatic rings. The maximum Gasteiger partial charge on any atom is 0.270 e. The standard InChI is InChI=1S/C17H17N3O7S/c21-17(14-5-2-6-15-16(14)27-10-9-26-15)18-7-8-19-28(24,25)13-4-1-3-12(11-13)20(22)23/h1-6,11,19H,7-10H2,(H,18,21). The molecule has 0 bridgehead atoms. The van der Waals surface area contributed by atoms with Gasteiger partial charge in [0.2, 0.25) is 10.0 Å². The SMILES string of the molecule is O=C(NCCNS(=O)(=O)c1cccc([N+](=O)[O-])c1)c1cccc2c1OCCO2. The Balaban J connectivity index is 1.58. The van der Waals surface area contributed by atoms with Gasteiger partial charge in [-0.3, -0.25) is 14.9 Å². The molecule has 148 valence electrons. The van der Waals surface area contributed by atoms with Crippen LogP contribution in [0.5, 0.6) is 11.5 Å². The Hall–Kier alpha value is -3.18. The Kier molecular flexibility index (Phi) is 5.76. The molecular weight excluding hydrogens is 390 g/mol. The van der Waals surface area contributed by atoms with Gasteiger partial charge in [-0.15, -0.1) is 0 Å². The highest BCUT2D eigenvalue weighted by atomic mass is 32.2. The number of nitrogens with zero attached hydrogens (tertiary/aromatic N) is 1. The minimum atomic E-state index is -3.94. The second kappa shape index (κ2) is 8.23. The zero-order valence-corrected chi connectivity index (χ0v) is 15.4. The van der Waals surface area contributed by atoms with Crippen LogP contribution in [-0.4, -0.2) is 45.6 Å². The number of rotatable bonds is 7. The molecule has 0 spiro atoms. The summed E-state index contributed by atoms with van der Waals surface area (Å²) in [6, 6.07) is 9.64. The fraction of sp³-hybridized carbons (Fsp3) is 0.235. The number of ether oxygens (including phenoxy) is 2. The molecule has 10 nitrogen and oxygen atoms in total. The van der Waals surface area contributed by atoms with E-state index in [-0.39, 0.29) is 23.7 Å². The Morgan fingerprint density at radius 3 is 2.64 bits per heavy atom. The summed E-state index contributed by atoms with van der Waals surface area (Å²) in [5, 5.41) is 13.4. The van der Waals surface area contributed by atoms with Gasteiger partial charge in [-0.05, 0) is 18.2 Å². The van der Waals surface area contributed by atoms with Crippen molar-refractivity contribution in [2.24, 2.45) is 0 Å². The van der Waals surface area contributed by atoms with Crippen LogP contribution in [-0.2, 0) is 10.0 Å². The van der Waals surface area contributed by atoms with Crippen LogP contribution in [0.2, 0.25) is 0 Å². The third-order valence-corrected chi connectivity index (χ3v) is 5.31. The van der Waals surface area contributed by atoms with E-state index in [1.807, 2.05) is 0 Å². The van der Waals surface area contributed by atoms with Crippen LogP contribution in [0.4, 0.5) is 5.69 Å². The van der Waals surface area contributed by atoms with E-state index in [2.05, 4.69) is 10.0 Å². The summed E-state index contributed by atoms with van der Waals surface area (Å²) in [5.74, 6) is 0.394. The van der Waals surface area contributed by atoms with Crippen LogP contribution in [0.1, 0.15) is 10.4 Å². The van der Waals surface area contributed by atoms with Crippen LogP contribution >= 0.6 is 0 Å². The number of hydrogen-bond donors (Lipinski definition) is 2. The predicted molar refractivity (Wildman–Crippen MR) is 98.1 cm³/mol. The lowest BCUT2D eigenvalue weighted by Gasteiger charge is -2.20. The Bertz CT molecular complexity index is 1010. The van der Waals surface area contributed by atoms with Crippen molar-refractivity contribution in [3.63, 3.8) is 0 Å². The van der Waals surface area contributed by atoms with Crippen LogP contribution in [0.25, 0.3) is 0 Å². The number of para-hydroxylation sites is 1. The lowest BCUT2D eigenvalue weighted by Crippen LogP contribution is -2.35. The molecule has 1 amide bonds. The molecule has 0 saturated carbocycles. The summed E-state index contributed by atoms with van der Waals surface area (Å²) >= 11 is 0. The molecule has 0 unspecified atom stereocenters. The summed E-state index contributed by atoms with van der Waals surface area (Å²) in [6.07, 6.45) is 0. The highest BCUT2D eigenvalue weighted by Crippen LogP contribution is 2.33. The van der Waals surface area contributed by atoms with Gasteiger partial charge in [0.15, 0.2) is 11.5 Å². The molecule has 28 heavy (non-hydrogen) atoms. The number of nitro benzene ring substituents is 1. The first kappa shape index (κ1) is 19.6. The van der Waals surface area contributed by atoms with E-state index in [9.17, 15) is 23.3 Å². The molecule has 11 heteroatoms. The zero-order valence-electron chi connectivity index (χ0n) is 14.6. The molecule has 0 fully saturated rings. The minimum absolute atomic E-state index is 0.0114. The van der Waals surface area contributed by atoms with Crippen LogP contribution in [0, 0.1) is 10.1 Å². The number of benzene rings is 2. The van der Waals surface area contributed by atoms with Gasteiger partial charge in [-0.2, -0.15) is 0 Å². The molecule has 0 aromatic heterocycles. The maximum atomic E-state index is 12.3. The number of amides is 1. The molecule has 0 aliphatic carbocycles. The van der Waals surface area contributed by atoms with Crippen molar-refractivity contribution in [3.8, 4) is 11.5 Å². The molecular formula is C17H17N3O7S. The Morgan fingerprint density at radius 1 is 1.11 bits per heavy atom. The van der Waals surface area contributed by atoms with Gasteiger partial charge in [0.25, 0.3) is 11.6 Å². The molecule has 0 atom stereocenters. The van der Waals surface area contributed by atoms with Gasteiger partial charge in [-0.1, -0.05) is 12.1 Å². The molecule has 1 aliphatic rings. The summed E-state index contributed by atoms with van der Waals surface area (Å²) < 4.78 is 37.6. The number of fused-ring (bicyclic) bond motifs is 1. The van der Waals surface area contributed by atoms with Crippen LogP contribution < -0.4 is 19.5 Å². The van der Waals surface area contributed by atoms with E-state index in [0.717, 1.165) is 6.07 Å². The molecule has 1 heterocycles. The van der Waals surface area contributed by atoms with E-state index in [0.29, 0.717) is 30.3 Å². The van der Waals surface area contributed by atoms with E-state index in [1.54, 1.807) is 18.2 Å². The van der Waals surface area contributed by atoms with Crippen molar-refractivity contribution in [1.29, 1.82) is 0 Å². The van der Waals surface area contributed by atoms with E-state index < -0.39 is 20.9 Å².